The van der Waals surface area contributed by atoms with E-state index in [1.54, 1.807) is 6.20 Å². The summed E-state index contributed by atoms with van der Waals surface area (Å²) in [5.41, 5.74) is 7.02. The number of pyridine rings is 1. The Bertz CT molecular complexity index is 674. The Kier molecular flexibility index (Phi) is 4.37. The second kappa shape index (κ2) is 6.21. The van der Waals surface area contributed by atoms with E-state index in [1.807, 2.05) is 19.1 Å². The van der Waals surface area contributed by atoms with Gasteiger partial charge in [-0.3, -0.25) is 4.98 Å². The third-order valence-electron chi connectivity index (χ3n) is 3.22. The molecule has 0 unspecified atom stereocenters. The van der Waals surface area contributed by atoms with Gasteiger partial charge in [-0.2, -0.15) is 0 Å². The van der Waals surface area contributed by atoms with Crippen molar-refractivity contribution in [1.29, 1.82) is 0 Å². The van der Waals surface area contributed by atoms with Gasteiger partial charge in [0.15, 0.2) is 0 Å². The summed E-state index contributed by atoms with van der Waals surface area (Å²) >= 11 is 0. The molecule has 1 aromatic heterocycles. The van der Waals surface area contributed by atoms with Crippen LogP contribution in [0.25, 0.3) is 0 Å². The molecule has 21 heavy (non-hydrogen) atoms. The normalized spacial score (nSPS) is 10.4. The molecular weight excluding hydrogens is 273 g/mol. The molecule has 1 heterocycles. The number of rotatable bonds is 5. The maximum atomic E-state index is 13.4. The van der Waals surface area contributed by atoms with Gasteiger partial charge in [-0.05, 0) is 30.2 Å². The average Bonchev–Trinajstić information content (AvgIpc) is 2.48. The van der Waals surface area contributed by atoms with Crippen LogP contribution in [0.2, 0.25) is 0 Å². The SMILES string of the molecule is CCc1cccnc1CNc1ccc(F)c(N)c1C(=O)O. The van der Waals surface area contributed by atoms with Crippen LogP contribution in [-0.4, -0.2) is 16.1 Å². The molecule has 0 spiro atoms. The first kappa shape index (κ1) is 14.8. The Morgan fingerprint density at radius 2 is 2.19 bits per heavy atom. The smallest absolute Gasteiger partial charge is 0.340 e. The maximum Gasteiger partial charge on any atom is 0.340 e. The average molecular weight is 289 g/mol. The fraction of sp³-hybridized carbons (Fsp3) is 0.200. The molecular formula is C15H16FN3O2. The quantitative estimate of drug-likeness (QED) is 0.736. The zero-order valence-electron chi connectivity index (χ0n) is 11.6. The molecule has 5 nitrogen and oxygen atoms in total. The zero-order valence-corrected chi connectivity index (χ0v) is 11.6. The number of carboxylic acid groups (broad SMARTS) is 1. The number of hydrogen-bond acceptors (Lipinski definition) is 4. The molecule has 2 aromatic rings. The first-order valence-electron chi connectivity index (χ1n) is 6.52. The molecule has 4 N–H and O–H groups in total. The van der Waals surface area contributed by atoms with Crippen LogP contribution < -0.4 is 11.1 Å². The fourth-order valence-corrected chi connectivity index (χ4v) is 2.10. The van der Waals surface area contributed by atoms with E-state index in [0.717, 1.165) is 23.7 Å². The lowest BCUT2D eigenvalue weighted by Gasteiger charge is -2.13. The lowest BCUT2D eigenvalue weighted by Crippen LogP contribution is -2.12. The van der Waals surface area contributed by atoms with E-state index < -0.39 is 11.8 Å². The van der Waals surface area contributed by atoms with Gasteiger partial charge >= 0.3 is 5.97 Å². The highest BCUT2D eigenvalue weighted by molar-refractivity contribution is 6.00. The molecule has 0 saturated heterocycles. The predicted octanol–water partition coefficient (Wildman–Crippen LogP) is 2.68. The Labute approximate surface area is 121 Å². The monoisotopic (exact) mass is 289 g/mol. The number of nitrogens with zero attached hydrogens (tertiary/aromatic N) is 1. The molecule has 2 rings (SSSR count). The Balaban J connectivity index is 2.28. The zero-order chi connectivity index (χ0) is 15.4. The number of carboxylic acids is 1. The second-order valence-corrected chi connectivity index (χ2v) is 4.51. The standard InChI is InChI=1S/C15H16FN3O2/c1-2-9-4-3-7-18-12(9)8-19-11-6-5-10(16)14(17)13(11)15(20)21/h3-7,19H,2,8,17H2,1H3,(H,20,21). The van der Waals surface area contributed by atoms with E-state index in [9.17, 15) is 9.18 Å². The van der Waals surface area contributed by atoms with Crippen LogP contribution >= 0.6 is 0 Å². The highest BCUT2D eigenvalue weighted by Crippen LogP contribution is 2.25. The number of nitrogens with one attached hydrogen (secondary N) is 1. The van der Waals surface area contributed by atoms with Gasteiger partial charge in [-0.25, -0.2) is 9.18 Å². The lowest BCUT2D eigenvalue weighted by molar-refractivity contribution is 0.0698. The van der Waals surface area contributed by atoms with Gasteiger partial charge in [0.05, 0.1) is 23.6 Å². The van der Waals surface area contributed by atoms with E-state index in [1.165, 1.54) is 6.07 Å². The number of anilines is 2. The molecule has 0 fully saturated rings. The van der Waals surface area contributed by atoms with Crippen molar-refractivity contribution < 1.29 is 14.3 Å². The highest BCUT2D eigenvalue weighted by Gasteiger charge is 2.17. The summed E-state index contributed by atoms with van der Waals surface area (Å²) in [6, 6.07) is 6.31. The fourth-order valence-electron chi connectivity index (χ4n) is 2.10. The van der Waals surface area contributed by atoms with E-state index in [-0.39, 0.29) is 16.9 Å². The summed E-state index contributed by atoms with van der Waals surface area (Å²) in [6.45, 7) is 2.36. The van der Waals surface area contributed by atoms with E-state index in [4.69, 9.17) is 10.8 Å². The number of benzene rings is 1. The van der Waals surface area contributed by atoms with Gasteiger partial charge < -0.3 is 16.2 Å². The molecule has 1 aromatic carbocycles. The van der Waals surface area contributed by atoms with Crippen LogP contribution in [-0.2, 0) is 13.0 Å². The molecule has 0 bridgehead atoms. The third kappa shape index (κ3) is 3.10. The van der Waals surface area contributed by atoms with Crippen molar-refractivity contribution in [2.75, 3.05) is 11.1 Å². The minimum absolute atomic E-state index is 0.260. The lowest BCUT2D eigenvalue weighted by atomic mass is 10.1. The van der Waals surface area contributed by atoms with Crippen molar-refractivity contribution in [1.82, 2.24) is 4.98 Å². The van der Waals surface area contributed by atoms with Gasteiger partial charge in [0.25, 0.3) is 0 Å². The summed E-state index contributed by atoms with van der Waals surface area (Å²) in [7, 11) is 0. The Hall–Kier alpha value is -2.63. The van der Waals surface area contributed by atoms with Crippen LogP contribution in [0.3, 0.4) is 0 Å². The number of nitrogens with two attached hydrogens (primary N) is 1. The van der Waals surface area contributed by atoms with Crippen LogP contribution in [0.4, 0.5) is 15.8 Å². The number of aromatic nitrogens is 1. The maximum absolute atomic E-state index is 13.4. The number of nitrogen functional groups attached to an aromatic ring is 1. The molecule has 0 atom stereocenters. The first-order chi connectivity index (χ1) is 10.0. The number of aryl methyl sites for hydroxylation is 1. The van der Waals surface area contributed by atoms with Crippen LogP contribution in [0.15, 0.2) is 30.5 Å². The van der Waals surface area contributed by atoms with Gasteiger partial charge in [-0.1, -0.05) is 13.0 Å². The molecule has 110 valence electrons. The van der Waals surface area contributed by atoms with E-state index in [0.29, 0.717) is 6.54 Å². The molecule has 0 aliphatic rings. The Morgan fingerprint density at radius 1 is 1.43 bits per heavy atom. The van der Waals surface area contributed by atoms with Crippen molar-refractivity contribution in [3.8, 4) is 0 Å². The van der Waals surface area contributed by atoms with Gasteiger partial charge in [0, 0.05) is 6.20 Å². The van der Waals surface area contributed by atoms with Crippen molar-refractivity contribution in [2.45, 2.75) is 19.9 Å². The second-order valence-electron chi connectivity index (χ2n) is 4.51. The number of carbonyl (C=O) groups is 1. The van der Waals surface area contributed by atoms with Gasteiger partial charge in [-0.15, -0.1) is 0 Å². The summed E-state index contributed by atoms with van der Waals surface area (Å²) in [4.78, 5) is 15.5. The summed E-state index contributed by atoms with van der Waals surface area (Å²) < 4.78 is 13.4. The molecule has 0 aliphatic carbocycles. The topological polar surface area (TPSA) is 88.2 Å². The molecule has 0 aliphatic heterocycles. The first-order valence-corrected chi connectivity index (χ1v) is 6.52. The molecule has 0 amide bonds. The van der Waals surface area contributed by atoms with E-state index >= 15 is 0 Å². The number of halogens is 1. The van der Waals surface area contributed by atoms with Crippen molar-refractivity contribution in [3.63, 3.8) is 0 Å². The highest BCUT2D eigenvalue weighted by atomic mass is 19.1. The van der Waals surface area contributed by atoms with Gasteiger partial charge in [0.2, 0.25) is 0 Å². The Morgan fingerprint density at radius 3 is 2.86 bits per heavy atom. The largest absolute Gasteiger partial charge is 0.478 e. The third-order valence-corrected chi connectivity index (χ3v) is 3.22. The van der Waals surface area contributed by atoms with Crippen LogP contribution in [0.5, 0.6) is 0 Å². The summed E-state index contributed by atoms with van der Waals surface area (Å²) in [6.07, 6.45) is 2.50. The van der Waals surface area contributed by atoms with Crippen LogP contribution in [0.1, 0.15) is 28.5 Å². The van der Waals surface area contributed by atoms with Crippen LogP contribution in [0, 0.1) is 5.82 Å². The van der Waals surface area contributed by atoms with E-state index in [2.05, 4.69) is 10.3 Å². The van der Waals surface area contributed by atoms with Crippen molar-refractivity contribution in [3.05, 3.63) is 53.1 Å². The number of aromatic carboxylic acids is 1. The van der Waals surface area contributed by atoms with Gasteiger partial charge in [0.1, 0.15) is 11.4 Å². The molecule has 6 heteroatoms. The summed E-state index contributed by atoms with van der Waals surface area (Å²) in [5.74, 6) is -2.02. The molecule has 0 saturated carbocycles. The van der Waals surface area contributed by atoms with Crippen molar-refractivity contribution >= 4 is 17.3 Å². The van der Waals surface area contributed by atoms with Crippen molar-refractivity contribution in [2.24, 2.45) is 0 Å². The number of hydrogen-bond donors (Lipinski definition) is 3. The predicted molar refractivity (Wildman–Crippen MR) is 78.7 cm³/mol. The minimum atomic E-state index is -1.27. The minimum Gasteiger partial charge on any atom is -0.478 e. The molecule has 0 radical (unpaired) electrons. The summed E-state index contributed by atoms with van der Waals surface area (Å²) in [5, 5.41) is 12.1.